The van der Waals surface area contributed by atoms with Gasteiger partial charge in [0.05, 0.1) is 15.6 Å². The van der Waals surface area contributed by atoms with Crippen LogP contribution < -0.4 is 15.4 Å². The van der Waals surface area contributed by atoms with Crippen molar-refractivity contribution in [1.82, 2.24) is 0 Å². The second kappa shape index (κ2) is 11.8. The van der Waals surface area contributed by atoms with Gasteiger partial charge in [-0.05, 0) is 61.0 Å². The topological polar surface area (TPSA) is 91.2 Å². The number of carbonyl (C=O) groups excluding carboxylic acids is 2. The van der Waals surface area contributed by atoms with Gasteiger partial charge in [0.1, 0.15) is 11.6 Å². The van der Waals surface area contributed by atoms with E-state index < -0.39 is 29.1 Å². The Balaban J connectivity index is 1.70. The Labute approximate surface area is 220 Å². The third-order valence-electron chi connectivity index (χ3n) is 4.83. The van der Waals surface area contributed by atoms with Crippen LogP contribution in [-0.4, -0.2) is 18.4 Å². The second-order valence-corrected chi connectivity index (χ2v) is 8.53. The van der Waals surface area contributed by atoms with Crippen LogP contribution in [0.25, 0.3) is 6.08 Å². The summed E-state index contributed by atoms with van der Waals surface area (Å²) in [6.45, 7) is 1.53. The number of hydrogen-bond donors (Lipinski definition) is 2. The molecule has 37 heavy (non-hydrogen) atoms. The highest BCUT2D eigenvalue weighted by Crippen LogP contribution is 2.35. The van der Waals surface area contributed by atoms with E-state index in [4.69, 9.17) is 27.9 Å². The number of nitrogens with one attached hydrogen (secondary N) is 2. The van der Waals surface area contributed by atoms with Crippen LogP contribution in [0.2, 0.25) is 10.0 Å². The van der Waals surface area contributed by atoms with Gasteiger partial charge in [-0.15, -0.1) is 0 Å². The molecule has 0 aliphatic rings. The van der Waals surface area contributed by atoms with Crippen molar-refractivity contribution in [3.8, 4) is 11.8 Å². The monoisotopic (exact) mass is 547 g/mol. The first-order valence-corrected chi connectivity index (χ1v) is 11.3. The van der Waals surface area contributed by atoms with E-state index in [2.05, 4.69) is 10.6 Å². The summed E-state index contributed by atoms with van der Waals surface area (Å²) < 4.78 is 44.2. The zero-order chi connectivity index (χ0) is 27.2. The smallest absolute Gasteiger partial charge is 0.416 e. The predicted molar refractivity (Wildman–Crippen MR) is 135 cm³/mol. The quantitative estimate of drug-likeness (QED) is 0.249. The van der Waals surface area contributed by atoms with E-state index in [9.17, 15) is 28.0 Å². The molecule has 0 bridgehead atoms. The Morgan fingerprint density at radius 1 is 1.00 bits per heavy atom. The maximum Gasteiger partial charge on any atom is 0.416 e. The number of nitrogens with zero attached hydrogens (tertiary/aromatic N) is 1. The van der Waals surface area contributed by atoms with Crippen molar-refractivity contribution in [3.63, 3.8) is 0 Å². The molecule has 0 atom stereocenters. The lowest BCUT2D eigenvalue weighted by atomic mass is 10.1. The summed E-state index contributed by atoms with van der Waals surface area (Å²) in [5.41, 5.74) is 0.385. The van der Waals surface area contributed by atoms with Crippen molar-refractivity contribution in [2.45, 2.75) is 13.1 Å². The predicted octanol–water partition coefficient (Wildman–Crippen LogP) is 6.88. The Morgan fingerprint density at radius 2 is 1.65 bits per heavy atom. The molecular weight excluding hydrogens is 530 g/mol. The van der Waals surface area contributed by atoms with Gasteiger partial charge in [-0.2, -0.15) is 18.4 Å². The van der Waals surface area contributed by atoms with E-state index in [1.807, 2.05) is 19.1 Å². The molecule has 0 aliphatic carbocycles. The van der Waals surface area contributed by atoms with Crippen LogP contribution in [0.5, 0.6) is 5.75 Å². The van der Waals surface area contributed by atoms with Crippen molar-refractivity contribution in [2.24, 2.45) is 0 Å². The molecule has 11 heteroatoms. The minimum Gasteiger partial charge on any atom is -0.481 e. The summed E-state index contributed by atoms with van der Waals surface area (Å²) in [5, 5.41) is 14.3. The van der Waals surface area contributed by atoms with Crippen molar-refractivity contribution < 1.29 is 27.5 Å². The fraction of sp³-hybridized carbons (Fsp3) is 0.115. The molecule has 3 rings (SSSR count). The van der Waals surface area contributed by atoms with Gasteiger partial charge in [0.15, 0.2) is 12.4 Å². The minimum atomic E-state index is -4.59. The lowest BCUT2D eigenvalue weighted by Crippen LogP contribution is -2.20. The molecule has 0 radical (unpaired) electrons. The van der Waals surface area contributed by atoms with E-state index in [1.165, 1.54) is 18.2 Å². The van der Waals surface area contributed by atoms with Crippen molar-refractivity contribution in [2.75, 3.05) is 17.2 Å². The second-order valence-electron chi connectivity index (χ2n) is 7.72. The molecule has 0 fully saturated rings. The molecule has 0 aliphatic heterocycles. The Hall–Kier alpha value is -4.00. The highest BCUT2D eigenvalue weighted by Gasteiger charge is 2.30. The molecule has 3 aromatic carbocycles. The number of carbonyl (C=O) groups is 2. The lowest BCUT2D eigenvalue weighted by molar-refractivity contribution is -0.137. The van der Waals surface area contributed by atoms with Gasteiger partial charge in [0.25, 0.3) is 11.8 Å². The van der Waals surface area contributed by atoms with Gasteiger partial charge in [0, 0.05) is 11.4 Å². The Bertz CT molecular complexity index is 1380. The standard InChI is InChI=1S/C26H18Cl2F3N3O3/c1-15-5-7-19(8-6-15)33-23(35)14-37-24-21(27)10-16(11-22(24)28)9-17(13-32)25(36)34-20-4-2-3-18(12-20)26(29,30)31/h2-12H,14H2,1H3,(H,33,35)(H,34,36)/b17-9+. The highest BCUT2D eigenvalue weighted by molar-refractivity contribution is 6.37. The first kappa shape index (κ1) is 27.6. The SMILES string of the molecule is Cc1ccc(NC(=O)COc2c(Cl)cc(/C=C(\C#N)C(=O)Nc3cccc(C(F)(F)F)c3)cc2Cl)cc1. The zero-order valence-corrected chi connectivity index (χ0v) is 20.6. The molecule has 3 aromatic rings. The van der Waals surface area contributed by atoms with Crippen LogP contribution in [0.1, 0.15) is 16.7 Å². The van der Waals surface area contributed by atoms with E-state index in [1.54, 1.807) is 18.2 Å². The van der Waals surface area contributed by atoms with E-state index in [0.29, 0.717) is 5.69 Å². The van der Waals surface area contributed by atoms with E-state index in [0.717, 1.165) is 29.8 Å². The maximum atomic E-state index is 12.9. The number of alkyl halides is 3. The van der Waals surface area contributed by atoms with Crippen LogP contribution in [0.3, 0.4) is 0 Å². The molecule has 0 aromatic heterocycles. The zero-order valence-electron chi connectivity index (χ0n) is 19.1. The number of halogens is 5. The van der Waals surface area contributed by atoms with Crippen molar-refractivity contribution >= 4 is 52.5 Å². The molecule has 0 saturated heterocycles. The molecule has 0 heterocycles. The Morgan fingerprint density at radius 3 is 2.24 bits per heavy atom. The first-order valence-electron chi connectivity index (χ1n) is 10.5. The van der Waals surface area contributed by atoms with Crippen LogP contribution in [0.4, 0.5) is 24.5 Å². The summed E-state index contributed by atoms with van der Waals surface area (Å²) in [7, 11) is 0. The molecule has 0 unspecified atom stereocenters. The van der Waals surface area contributed by atoms with E-state index >= 15 is 0 Å². The van der Waals surface area contributed by atoms with Gasteiger partial charge >= 0.3 is 6.18 Å². The van der Waals surface area contributed by atoms with Crippen LogP contribution in [0, 0.1) is 18.3 Å². The van der Waals surface area contributed by atoms with Gasteiger partial charge in [-0.3, -0.25) is 9.59 Å². The largest absolute Gasteiger partial charge is 0.481 e. The number of benzene rings is 3. The van der Waals surface area contributed by atoms with Crippen molar-refractivity contribution in [3.05, 3.63) is 93.0 Å². The third-order valence-corrected chi connectivity index (χ3v) is 5.39. The number of hydrogen-bond acceptors (Lipinski definition) is 4. The van der Waals surface area contributed by atoms with Crippen molar-refractivity contribution in [1.29, 1.82) is 5.26 Å². The fourth-order valence-corrected chi connectivity index (χ4v) is 3.67. The molecule has 2 N–H and O–H groups in total. The summed E-state index contributed by atoms with van der Waals surface area (Å²) in [6, 6.07) is 15.6. The number of aryl methyl sites for hydroxylation is 1. The molecule has 2 amide bonds. The van der Waals surface area contributed by atoms with Gasteiger partial charge in [-0.1, -0.05) is 47.0 Å². The molecule has 0 saturated carbocycles. The average Bonchev–Trinajstić information content (AvgIpc) is 2.83. The summed E-state index contributed by atoms with van der Waals surface area (Å²) in [5.74, 6) is -1.35. The fourth-order valence-electron chi connectivity index (χ4n) is 3.06. The molecule has 0 spiro atoms. The van der Waals surface area contributed by atoms with Gasteiger partial charge < -0.3 is 15.4 Å². The highest BCUT2D eigenvalue weighted by atomic mass is 35.5. The Kier molecular flexibility index (Phi) is 8.81. The van der Waals surface area contributed by atoms with Crippen LogP contribution in [0.15, 0.2) is 66.2 Å². The normalized spacial score (nSPS) is 11.4. The number of nitriles is 1. The summed E-state index contributed by atoms with van der Waals surface area (Å²) in [4.78, 5) is 24.6. The maximum absolute atomic E-state index is 12.9. The minimum absolute atomic E-state index is 0.0115. The summed E-state index contributed by atoms with van der Waals surface area (Å²) >= 11 is 12.5. The average molecular weight is 548 g/mol. The summed E-state index contributed by atoms with van der Waals surface area (Å²) in [6.07, 6.45) is -3.43. The van der Waals surface area contributed by atoms with Gasteiger partial charge in [0.2, 0.25) is 0 Å². The van der Waals surface area contributed by atoms with Crippen LogP contribution in [-0.2, 0) is 15.8 Å². The number of rotatable bonds is 7. The molecular formula is C26H18Cl2F3N3O3. The molecule has 6 nitrogen and oxygen atoms in total. The lowest BCUT2D eigenvalue weighted by Gasteiger charge is -2.12. The third kappa shape index (κ3) is 7.74. The van der Waals surface area contributed by atoms with Gasteiger partial charge in [-0.25, -0.2) is 0 Å². The number of amides is 2. The number of ether oxygens (including phenoxy) is 1. The molecule has 190 valence electrons. The van der Waals surface area contributed by atoms with Crippen LogP contribution >= 0.6 is 23.2 Å². The van der Waals surface area contributed by atoms with E-state index in [-0.39, 0.29) is 33.7 Å². The first-order chi connectivity index (χ1) is 17.5. The number of anilines is 2.